The summed E-state index contributed by atoms with van der Waals surface area (Å²) in [6.07, 6.45) is 0. The number of carbonyl (C=O) groups is 2. The van der Waals surface area contributed by atoms with E-state index in [1.165, 1.54) is 47.0 Å². The van der Waals surface area contributed by atoms with Gasteiger partial charge in [-0.15, -0.1) is 0 Å². The Hall–Kier alpha value is -1.74. The highest BCUT2D eigenvalue weighted by atomic mass is 35.5. The second-order valence-electron chi connectivity index (χ2n) is 5.25. The van der Waals surface area contributed by atoms with Gasteiger partial charge >= 0.3 is 23.7 Å². The molecule has 2 aromatic rings. The second kappa shape index (κ2) is 8.32. The van der Waals surface area contributed by atoms with E-state index in [-0.39, 0.29) is 20.1 Å². The molecular weight excluding hydrogens is 470 g/mol. The van der Waals surface area contributed by atoms with Crippen LogP contribution in [-0.2, 0) is 9.59 Å². The normalized spacial score (nSPS) is 11.9. The molecule has 0 unspecified atom stereocenters. The highest BCUT2D eigenvalue weighted by Crippen LogP contribution is 2.39. The minimum atomic E-state index is -5.46. The summed E-state index contributed by atoms with van der Waals surface area (Å²) in [6.45, 7) is 0. The number of nitrogens with one attached hydrogen (secondary N) is 2. The molecule has 12 heteroatoms. The van der Waals surface area contributed by atoms with Crippen LogP contribution in [-0.4, -0.2) is 23.7 Å². The fraction of sp³-hybridized carbons (Fsp3) is 0.125. The van der Waals surface area contributed by atoms with Crippen molar-refractivity contribution >= 4 is 69.6 Å². The topological polar surface area (TPSA) is 58.2 Å². The molecule has 2 rings (SSSR count). The first-order chi connectivity index (χ1) is 12.9. The minimum Gasteiger partial charge on any atom is -0.318 e. The third-order valence-corrected chi connectivity index (χ3v) is 4.63. The largest absolute Gasteiger partial charge is 0.396 e. The van der Waals surface area contributed by atoms with E-state index in [9.17, 15) is 27.2 Å². The van der Waals surface area contributed by atoms with Gasteiger partial charge in [-0.2, -0.15) is 17.6 Å². The maximum absolute atomic E-state index is 14.1. The molecule has 4 nitrogen and oxygen atoms in total. The molecule has 0 fully saturated rings. The average Bonchev–Trinajstić information content (AvgIpc) is 2.60. The molecule has 2 amide bonds. The second-order valence-corrected chi connectivity index (χ2v) is 6.88. The van der Waals surface area contributed by atoms with E-state index in [4.69, 9.17) is 46.4 Å². The van der Waals surface area contributed by atoms with Gasteiger partial charge in [-0.1, -0.05) is 58.5 Å². The van der Waals surface area contributed by atoms with Crippen molar-refractivity contribution in [3.8, 4) is 0 Å². The molecule has 0 saturated heterocycles. The number of anilines is 2. The van der Waals surface area contributed by atoms with Gasteiger partial charge in [-0.3, -0.25) is 9.59 Å². The Bertz CT molecular complexity index is 825. The number of alkyl halides is 4. The summed E-state index contributed by atoms with van der Waals surface area (Å²) >= 11 is 22.8. The quantitative estimate of drug-likeness (QED) is 0.507. The van der Waals surface area contributed by atoms with E-state index in [1.54, 1.807) is 0 Å². The number of amides is 2. The van der Waals surface area contributed by atoms with E-state index in [0.29, 0.717) is 0 Å². The summed E-state index contributed by atoms with van der Waals surface area (Å²) in [5.74, 6) is -15.9. The van der Waals surface area contributed by atoms with Gasteiger partial charge in [-0.05, 0) is 24.3 Å². The number of halogens is 8. The molecule has 0 bridgehead atoms. The van der Waals surface area contributed by atoms with Crippen molar-refractivity contribution in [2.75, 3.05) is 10.6 Å². The Kier molecular flexibility index (Phi) is 6.70. The predicted molar refractivity (Wildman–Crippen MR) is 100 cm³/mol. The van der Waals surface area contributed by atoms with E-state index in [1.807, 2.05) is 0 Å². The van der Waals surface area contributed by atoms with Crippen molar-refractivity contribution in [3.63, 3.8) is 0 Å². The van der Waals surface area contributed by atoms with Crippen molar-refractivity contribution < 1.29 is 27.2 Å². The van der Waals surface area contributed by atoms with Crippen LogP contribution in [0.5, 0.6) is 0 Å². The number of carbonyl (C=O) groups excluding carboxylic acids is 2. The molecule has 0 saturated carbocycles. The summed E-state index contributed by atoms with van der Waals surface area (Å²) in [5.41, 5.74) is -1.03. The van der Waals surface area contributed by atoms with Crippen molar-refractivity contribution in [1.82, 2.24) is 0 Å². The molecule has 28 heavy (non-hydrogen) atoms. The summed E-state index contributed by atoms with van der Waals surface area (Å²) in [7, 11) is 0. The maximum Gasteiger partial charge on any atom is 0.396 e. The summed E-state index contributed by atoms with van der Waals surface area (Å²) in [5, 5.41) is 1.92. The zero-order chi connectivity index (χ0) is 21.3. The van der Waals surface area contributed by atoms with E-state index >= 15 is 0 Å². The third kappa shape index (κ3) is 4.30. The van der Waals surface area contributed by atoms with Gasteiger partial charge in [0.05, 0.1) is 31.5 Å². The molecule has 150 valence electrons. The van der Waals surface area contributed by atoms with Gasteiger partial charge in [0.15, 0.2) is 0 Å². The lowest BCUT2D eigenvalue weighted by molar-refractivity contribution is -0.204. The SMILES string of the molecule is O=C(Nc1c(Cl)cccc1Cl)C(F)(F)C(F)(F)C(=O)Nc1c(Cl)cccc1Cl. The van der Waals surface area contributed by atoms with Crippen LogP contribution < -0.4 is 10.6 Å². The van der Waals surface area contributed by atoms with Gasteiger partial charge in [0.2, 0.25) is 0 Å². The molecule has 0 aliphatic carbocycles. The van der Waals surface area contributed by atoms with Crippen LogP contribution in [0.25, 0.3) is 0 Å². The standard InChI is InChI=1S/C16H8Cl4F4N2O2/c17-7-3-1-4-8(18)11(7)25-13(27)15(21,22)16(23,24)14(28)26-12-9(19)5-2-6-10(12)20/h1-6H,(H,25,27)(H,26,28). The van der Waals surface area contributed by atoms with Gasteiger partial charge in [0.1, 0.15) is 0 Å². The van der Waals surface area contributed by atoms with Crippen molar-refractivity contribution in [2.45, 2.75) is 11.8 Å². The first-order valence-electron chi connectivity index (χ1n) is 7.16. The van der Waals surface area contributed by atoms with E-state index in [0.717, 1.165) is 0 Å². The highest BCUT2D eigenvalue weighted by molar-refractivity contribution is 6.40. The first kappa shape index (κ1) is 22.5. The smallest absolute Gasteiger partial charge is 0.318 e. The Morgan fingerprint density at radius 3 is 1.14 bits per heavy atom. The molecule has 0 aliphatic rings. The van der Waals surface area contributed by atoms with Crippen LogP contribution in [0.15, 0.2) is 36.4 Å². The van der Waals surface area contributed by atoms with E-state index < -0.39 is 35.0 Å². The van der Waals surface area contributed by atoms with Gasteiger partial charge < -0.3 is 10.6 Å². The van der Waals surface area contributed by atoms with Crippen LogP contribution in [0.3, 0.4) is 0 Å². The Labute approximate surface area is 175 Å². The van der Waals surface area contributed by atoms with Crippen molar-refractivity contribution in [1.29, 1.82) is 0 Å². The van der Waals surface area contributed by atoms with Crippen LogP contribution in [0.2, 0.25) is 20.1 Å². The molecule has 0 atom stereocenters. The predicted octanol–water partition coefficient (Wildman–Crippen LogP) is 6.15. The van der Waals surface area contributed by atoms with Crippen LogP contribution in [0, 0.1) is 0 Å². The van der Waals surface area contributed by atoms with E-state index in [2.05, 4.69) is 0 Å². The fourth-order valence-corrected chi connectivity index (χ4v) is 2.89. The van der Waals surface area contributed by atoms with Crippen molar-refractivity contribution in [2.24, 2.45) is 0 Å². The molecule has 0 aromatic heterocycles. The Morgan fingerprint density at radius 1 is 0.643 bits per heavy atom. The van der Waals surface area contributed by atoms with Gasteiger partial charge in [0, 0.05) is 0 Å². The van der Waals surface area contributed by atoms with Crippen LogP contribution in [0.4, 0.5) is 28.9 Å². The number of rotatable bonds is 5. The average molecular weight is 478 g/mol. The lowest BCUT2D eigenvalue weighted by atomic mass is 10.1. The summed E-state index contributed by atoms with van der Waals surface area (Å²) < 4.78 is 56.5. The molecule has 2 N–H and O–H groups in total. The molecule has 0 aliphatic heterocycles. The lowest BCUT2D eigenvalue weighted by Crippen LogP contribution is -2.56. The first-order valence-corrected chi connectivity index (χ1v) is 8.67. The number of benzene rings is 2. The zero-order valence-corrected chi connectivity index (χ0v) is 16.3. The Balaban J connectivity index is 2.29. The van der Waals surface area contributed by atoms with Gasteiger partial charge in [-0.25, -0.2) is 0 Å². The van der Waals surface area contributed by atoms with Crippen molar-refractivity contribution in [3.05, 3.63) is 56.5 Å². The number of hydrogen-bond donors (Lipinski definition) is 2. The molecule has 0 spiro atoms. The maximum atomic E-state index is 14.1. The minimum absolute atomic E-state index is 0.271. The molecule has 0 radical (unpaired) electrons. The number of hydrogen-bond acceptors (Lipinski definition) is 2. The lowest BCUT2D eigenvalue weighted by Gasteiger charge is -2.25. The molecule has 0 heterocycles. The van der Waals surface area contributed by atoms with Crippen LogP contribution in [0.1, 0.15) is 0 Å². The number of para-hydroxylation sites is 2. The monoisotopic (exact) mass is 476 g/mol. The molecule has 2 aromatic carbocycles. The highest BCUT2D eigenvalue weighted by Gasteiger charge is 2.67. The zero-order valence-electron chi connectivity index (χ0n) is 13.3. The molecular formula is C16H8Cl4F4N2O2. The van der Waals surface area contributed by atoms with Gasteiger partial charge in [0.25, 0.3) is 0 Å². The third-order valence-electron chi connectivity index (χ3n) is 3.37. The summed E-state index contributed by atoms with van der Waals surface area (Å²) in [6, 6.07) is 7.43. The Morgan fingerprint density at radius 2 is 0.893 bits per heavy atom. The fourth-order valence-electron chi connectivity index (χ4n) is 1.90. The summed E-state index contributed by atoms with van der Waals surface area (Å²) in [4.78, 5) is 23.6. The van der Waals surface area contributed by atoms with Crippen LogP contribution >= 0.6 is 46.4 Å².